The zero-order valence-electron chi connectivity index (χ0n) is 15.4. The molecule has 8 heteroatoms. The Morgan fingerprint density at radius 2 is 2.00 bits per heavy atom. The van der Waals surface area contributed by atoms with Crippen molar-refractivity contribution < 1.29 is 4.79 Å². The summed E-state index contributed by atoms with van der Waals surface area (Å²) < 4.78 is 1.83. The summed E-state index contributed by atoms with van der Waals surface area (Å²) in [4.78, 5) is 14.6. The van der Waals surface area contributed by atoms with Crippen molar-refractivity contribution >= 4 is 17.7 Å². The zero-order valence-corrected chi connectivity index (χ0v) is 16.2. The lowest BCUT2D eigenvalue weighted by Gasteiger charge is -2.20. The van der Waals surface area contributed by atoms with E-state index in [-0.39, 0.29) is 5.91 Å². The van der Waals surface area contributed by atoms with Gasteiger partial charge in [0.2, 0.25) is 11.1 Å². The summed E-state index contributed by atoms with van der Waals surface area (Å²) >= 11 is 1.39. The number of thioether (sulfide) groups is 1. The molecule has 1 aliphatic carbocycles. The van der Waals surface area contributed by atoms with Gasteiger partial charge in [0.1, 0.15) is 0 Å². The van der Waals surface area contributed by atoms with Crippen LogP contribution in [0.25, 0.3) is 0 Å². The molecule has 1 heterocycles. The molecule has 0 saturated heterocycles. The normalized spacial score (nSPS) is 14.0. The third-order valence-corrected chi connectivity index (χ3v) is 5.50. The molecule has 3 rings (SSSR count). The second-order valence-corrected chi connectivity index (χ2v) is 7.38. The van der Waals surface area contributed by atoms with E-state index in [1.165, 1.54) is 22.9 Å². The van der Waals surface area contributed by atoms with Crippen molar-refractivity contribution in [2.75, 3.05) is 18.8 Å². The first kappa shape index (κ1) is 18.8. The summed E-state index contributed by atoms with van der Waals surface area (Å²) in [5, 5.41) is 15.5. The fourth-order valence-electron chi connectivity index (χ4n) is 2.78. The number of rotatable bonds is 10. The van der Waals surface area contributed by atoms with Crippen molar-refractivity contribution in [1.82, 2.24) is 30.4 Å². The Labute approximate surface area is 158 Å². The van der Waals surface area contributed by atoms with Crippen molar-refractivity contribution in [2.24, 2.45) is 0 Å². The number of carbonyl (C=O) groups is 1. The van der Waals surface area contributed by atoms with Crippen molar-refractivity contribution in [3.05, 3.63) is 35.4 Å². The van der Waals surface area contributed by atoms with E-state index < -0.39 is 0 Å². The van der Waals surface area contributed by atoms with Crippen LogP contribution < -0.4 is 5.32 Å². The van der Waals surface area contributed by atoms with Gasteiger partial charge in [-0.05, 0) is 47.5 Å². The van der Waals surface area contributed by atoms with Gasteiger partial charge in [0.25, 0.3) is 0 Å². The van der Waals surface area contributed by atoms with Crippen LogP contribution in [0.2, 0.25) is 0 Å². The largest absolute Gasteiger partial charge is 0.351 e. The molecule has 1 aromatic carbocycles. The lowest BCUT2D eigenvalue weighted by molar-refractivity contribution is -0.118. The first-order valence-corrected chi connectivity index (χ1v) is 10.2. The Kier molecular flexibility index (Phi) is 6.62. The maximum Gasteiger partial charge on any atom is 0.230 e. The minimum atomic E-state index is -0.00186. The first-order valence-electron chi connectivity index (χ1n) is 9.17. The van der Waals surface area contributed by atoms with Gasteiger partial charge >= 0.3 is 0 Å². The van der Waals surface area contributed by atoms with Gasteiger partial charge in [0.05, 0.1) is 11.8 Å². The second kappa shape index (κ2) is 9.14. The van der Waals surface area contributed by atoms with E-state index in [2.05, 4.69) is 57.8 Å². The highest BCUT2D eigenvalue weighted by Crippen LogP contribution is 2.36. The van der Waals surface area contributed by atoms with E-state index >= 15 is 0 Å². The molecule has 26 heavy (non-hydrogen) atoms. The van der Waals surface area contributed by atoms with Gasteiger partial charge in [-0.15, -0.1) is 5.10 Å². The SMILES string of the molecule is CCN(CC)Cc1ccccc1CNC(=O)CSc1nnnn1C1CC1. The van der Waals surface area contributed by atoms with Crippen molar-refractivity contribution in [3.8, 4) is 0 Å². The molecule has 1 amide bonds. The number of benzene rings is 1. The number of carbonyl (C=O) groups excluding carboxylic acids is 1. The summed E-state index contributed by atoms with van der Waals surface area (Å²) in [6, 6.07) is 8.71. The summed E-state index contributed by atoms with van der Waals surface area (Å²) in [5.41, 5.74) is 2.43. The fourth-order valence-corrected chi connectivity index (χ4v) is 3.55. The standard InChI is InChI=1S/C18H26N6OS/c1-3-23(4-2)12-15-8-6-5-7-14(15)11-19-17(25)13-26-18-20-21-22-24(18)16-9-10-16/h5-8,16H,3-4,9-13H2,1-2H3,(H,19,25). The number of tetrazole rings is 1. The minimum Gasteiger partial charge on any atom is -0.351 e. The molecular weight excluding hydrogens is 348 g/mol. The Hall–Kier alpha value is -1.93. The summed E-state index contributed by atoms with van der Waals surface area (Å²) in [5.74, 6) is 0.323. The van der Waals surface area contributed by atoms with Crippen molar-refractivity contribution in [2.45, 2.75) is 51.0 Å². The van der Waals surface area contributed by atoms with Crippen LogP contribution in [0.5, 0.6) is 0 Å². The van der Waals surface area contributed by atoms with Crippen molar-refractivity contribution in [1.29, 1.82) is 0 Å². The van der Waals surface area contributed by atoms with Crippen LogP contribution in [-0.4, -0.2) is 49.9 Å². The molecule has 1 fully saturated rings. The molecule has 0 aliphatic heterocycles. The number of nitrogens with zero attached hydrogens (tertiary/aromatic N) is 5. The molecular formula is C18H26N6OS. The van der Waals surface area contributed by atoms with Gasteiger partial charge in [0, 0.05) is 13.1 Å². The quantitative estimate of drug-likeness (QED) is 0.643. The van der Waals surface area contributed by atoms with Crippen LogP contribution in [0.4, 0.5) is 0 Å². The smallest absolute Gasteiger partial charge is 0.230 e. The molecule has 1 aliphatic rings. The average Bonchev–Trinajstić information content (AvgIpc) is 3.41. The lowest BCUT2D eigenvalue weighted by Crippen LogP contribution is -2.27. The van der Waals surface area contributed by atoms with Gasteiger partial charge < -0.3 is 5.32 Å². The topological polar surface area (TPSA) is 75.9 Å². The van der Waals surface area contributed by atoms with E-state index in [9.17, 15) is 4.79 Å². The van der Waals surface area contributed by atoms with Gasteiger partial charge in [0.15, 0.2) is 0 Å². The molecule has 0 unspecified atom stereocenters. The predicted molar refractivity (Wildman–Crippen MR) is 102 cm³/mol. The fraction of sp³-hybridized carbons (Fsp3) is 0.556. The predicted octanol–water partition coefficient (Wildman–Crippen LogP) is 2.26. The van der Waals surface area contributed by atoms with Gasteiger partial charge in [-0.1, -0.05) is 49.9 Å². The van der Waals surface area contributed by atoms with E-state index in [1.54, 1.807) is 0 Å². The zero-order chi connectivity index (χ0) is 18.4. The molecule has 0 atom stereocenters. The van der Waals surface area contributed by atoms with Crippen LogP contribution in [0, 0.1) is 0 Å². The maximum absolute atomic E-state index is 12.2. The molecule has 1 saturated carbocycles. The molecule has 0 spiro atoms. The van der Waals surface area contributed by atoms with E-state index in [1.807, 2.05) is 10.7 Å². The summed E-state index contributed by atoms with van der Waals surface area (Å²) in [7, 11) is 0. The van der Waals surface area contributed by atoms with E-state index in [4.69, 9.17) is 0 Å². The number of aromatic nitrogens is 4. The Balaban J connectivity index is 1.50. The maximum atomic E-state index is 12.2. The molecule has 2 aromatic rings. The van der Waals surface area contributed by atoms with E-state index in [0.29, 0.717) is 18.3 Å². The van der Waals surface area contributed by atoms with Crippen LogP contribution in [0.3, 0.4) is 0 Å². The summed E-state index contributed by atoms with van der Waals surface area (Å²) in [6.45, 7) is 7.82. The Bertz CT molecular complexity index is 726. The third kappa shape index (κ3) is 5.04. The van der Waals surface area contributed by atoms with Crippen LogP contribution in [0.1, 0.15) is 43.9 Å². The molecule has 1 aromatic heterocycles. The van der Waals surface area contributed by atoms with Crippen molar-refractivity contribution in [3.63, 3.8) is 0 Å². The van der Waals surface area contributed by atoms with Gasteiger partial charge in [-0.2, -0.15) is 0 Å². The lowest BCUT2D eigenvalue weighted by atomic mass is 10.1. The highest BCUT2D eigenvalue weighted by molar-refractivity contribution is 7.99. The monoisotopic (exact) mass is 374 g/mol. The number of amides is 1. The number of nitrogens with one attached hydrogen (secondary N) is 1. The van der Waals surface area contributed by atoms with Crippen LogP contribution in [-0.2, 0) is 17.9 Å². The first-order chi connectivity index (χ1) is 12.7. The van der Waals surface area contributed by atoms with Crippen LogP contribution in [0.15, 0.2) is 29.4 Å². The van der Waals surface area contributed by atoms with Gasteiger partial charge in [-0.3, -0.25) is 9.69 Å². The Morgan fingerprint density at radius 1 is 1.27 bits per heavy atom. The molecule has 0 bridgehead atoms. The number of hydrogen-bond acceptors (Lipinski definition) is 6. The Morgan fingerprint density at radius 3 is 2.69 bits per heavy atom. The molecule has 1 N–H and O–H groups in total. The summed E-state index contributed by atoms with van der Waals surface area (Å²) in [6.07, 6.45) is 2.24. The number of hydrogen-bond donors (Lipinski definition) is 1. The molecule has 0 radical (unpaired) electrons. The third-order valence-electron chi connectivity index (χ3n) is 4.57. The van der Waals surface area contributed by atoms with Crippen LogP contribution >= 0.6 is 11.8 Å². The van der Waals surface area contributed by atoms with Gasteiger partial charge in [-0.25, -0.2) is 4.68 Å². The highest BCUT2D eigenvalue weighted by Gasteiger charge is 2.28. The minimum absolute atomic E-state index is 0.00186. The molecule has 7 nitrogen and oxygen atoms in total. The second-order valence-electron chi connectivity index (χ2n) is 6.43. The van der Waals surface area contributed by atoms with E-state index in [0.717, 1.165) is 37.6 Å². The average molecular weight is 375 g/mol. The highest BCUT2D eigenvalue weighted by atomic mass is 32.2. The molecule has 140 valence electrons.